The summed E-state index contributed by atoms with van der Waals surface area (Å²) in [4.78, 5) is 4.40. The minimum absolute atomic E-state index is 0.0620. The number of hydrogen-bond donors (Lipinski definition) is 0. The van der Waals surface area contributed by atoms with E-state index in [9.17, 15) is 8.78 Å². The first-order valence-corrected chi connectivity index (χ1v) is 13.1. The Morgan fingerprint density at radius 2 is 1.89 bits per heavy atom. The third-order valence-electron chi connectivity index (χ3n) is 8.52. The predicted octanol–water partition coefficient (Wildman–Crippen LogP) is 4.70. The van der Waals surface area contributed by atoms with Gasteiger partial charge in [0.15, 0.2) is 17.4 Å². The van der Waals surface area contributed by atoms with Crippen molar-refractivity contribution in [2.75, 3.05) is 38.3 Å². The van der Waals surface area contributed by atoms with Crippen LogP contribution in [0.3, 0.4) is 0 Å². The molecule has 1 spiro atoms. The van der Waals surface area contributed by atoms with E-state index in [2.05, 4.69) is 31.8 Å². The summed E-state index contributed by atoms with van der Waals surface area (Å²) in [5.41, 5.74) is 2.78. The second-order valence-corrected chi connectivity index (χ2v) is 11.3. The van der Waals surface area contributed by atoms with E-state index in [0.717, 1.165) is 80.5 Å². The molecule has 7 rings (SSSR count). The Bertz CT molecular complexity index is 1360. The zero-order valence-corrected chi connectivity index (χ0v) is 21.3. The van der Waals surface area contributed by atoms with Crippen molar-refractivity contribution in [3.63, 3.8) is 0 Å². The van der Waals surface area contributed by atoms with Gasteiger partial charge in [-0.15, -0.1) is 10.2 Å². The van der Waals surface area contributed by atoms with Crippen molar-refractivity contribution in [2.45, 2.75) is 44.3 Å². The maximum Gasteiger partial charge on any atom is 0.168 e. The van der Waals surface area contributed by atoms with Crippen LogP contribution in [0, 0.1) is 17.0 Å². The van der Waals surface area contributed by atoms with Gasteiger partial charge in [-0.05, 0) is 43.0 Å². The van der Waals surface area contributed by atoms with Gasteiger partial charge in [0.1, 0.15) is 11.6 Å². The molecule has 4 aliphatic rings. The predicted molar refractivity (Wildman–Crippen MR) is 134 cm³/mol. The second kappa shape index (κ2) is 8.64. The number of aromatic nitrogens is 3. The van der Waals surface area contributed by atoms with Gasteiger partial charge in [0.25, 0.3) is 0 Å². The van der Waals surface area contributed by atoms with Crippen molar-refractivity contribution < 1.29 is 18.3 Å². The SMILES string of the molecule is COc1cc(N2CC3(CC(c4nnc5n4-c4ccc(Cl)cc4CN([C@@H]4CCOC4)C5)C3)C2)c(F)cc1F. The Morgan fingerprint density at radius 3 is 2.65 bits per heavy atom. The van der Waals surface area contributed by atoms with Crippen LogP contribution >= 0.6 is 11.6 Å². The Balaban J connectivity index is 1.12. The van der Waals surface area contributed by atoms with Crippen LogP contribution in [0.25, 0.3) is 5.69 Å². The minimum Gasteiger partial charge on any atom is -0.494 e. The molecule has 0 bridgehead atoms. The number of halogens is 3. The zero-order chi connectivity index (χ0) is 25.3. The Hall–Kier alpha value is -2.75. The van der Waals surface area contributed by atoms with Crippen LogP contribution in [0.2, 0.25) is 5.02 Å². The van der Waals surface area contributed by atoms with Gasteiger partial charge in [0.05, 0.1) is 31.6 Å². The summed E-state index contributed by atoms with van der Waals surface area (Å²) >= 11 is 6.40. The molecular weight excluding hydrogens is 500 g/mol. The van der Waals surface area contributed by atoms with E-state index in [-0.39, 0.29) is 17.1 Å². The van der Waals surface area contributed by atoms with Crippen LogP contribution in [0.5, 0.6) is 5.75 Å². The largest absolute Gasteiger partial charge is 0.494 e. The molecule has 37 heavy (non-hydrogen) atoms. The number of nitrogens with zero attached hydrogens (tertiary/aromatic N) is 5. The Kier molecular flexibility index (Phi) is 5.46. The highest BCUT2D eigenvalue weighted by Crippen LogP contribution is 2.57. The molecule has 10 heteroatoms. The van der Waals surface area contributed by atoms with Crippen molar-refractivity contribution in [1.82, 2.24) is 19.7 Å². The number of anilines is 1. The third kappa shape index (κ3) is 3.82. The van der Waals surface area contributed by atoms with E-state index in [0.29, 0.717) is 18.3 Å². The summed E-state index contributed by atoms with van der Waals surface area (Å²) in [7, 11) is 1.39. The van der Waals surface area contributed by atoms with Gasteiger partial charge in [-0.25, -0.2) is 8.78 Å². The van der Waals surface area contributed by atoms with E-state index in [1.807, 2.05) is 11.0 Å². The Morgan fingerprint density at radius 1 is 1.05 bits per heavy atom. The lowest BCUT2D eigenvalue weighted by Crippen LogP contribution is -2.62. The van der Waals surface area contributed by atoms with Crippen LogP contribution in [0.4, 0.5) is 14.5 Å². The number of benzene rings is 2. The van der Waals surface area contributed by atoms with E-state index in [1.165, 1.54) is 18.7 Å². The van der Waals surface area contributed by atoms with Gasteiger partial charge in [-0.1, -0.05) is 11.6 Å². The van der Waals surface area contributed by atoms with Crippen LogP contribution in [0.15, 0.2) is 30.3 Å². The molecule has 1 aliphatic carbocycles. The number of ether oxygens (including phenoxy) is 2. The summed E-state index contributed by atoms with van der Waals surface area (Å²) in [6.07, 6.45) is 2.94. The fourth-order valence-corrected chi connectivity index (χ4v) is 6.86. The molecular formula is C27H28ClF2N5O2. The third-order valence-corrected chi connectivity index (χ3v) is 8.75. The summed E-state index contributed by atoms with van der Waals surface area (Å²) in [5, 5.41) is 10.0. The number of methoxy groups -OCH3 is 1. The average molecular weight is 528 g/mol. The number of hydrogen-bond acceptors (Lipinski definition) is 6. The molecule has 7 nitrogen and oxygen atoms in total. The summed E-state index contributed by atoms with van der Waals surface area (Å²) in [5.74, 6) is 1.03. The van der Waals surface area contributed by atoms with Crippen molar-refractivity contribution in [2.24, 2.45) is 5.41 Å². The highest BCUT2D eigenvalue weighted by Gasteiger charge is 2.54. The molecule has 4 heterocycles. The molecule has 2 aromatic carbocycles. The molecule has 0 amide bonds. The smallest absolute Gasteiger partial charge is 0.168 e. The molecule has 194 valence electrons. The van der Waals surface area contributed by atoms with E-state index in [4.69, 9.17) is 21.1 Å². The zero-order valence-electron chi connectivity index (χ0n) is 20.6. The summed E-state index contributed by atoms with van der Waals surface area (Å²) in [6, 6.07) is 8.77. The van der Waals surface area contributed by atoms with Gasteiger partial charge in [0, 0.05) is 60.8 Å². The quantitative estimate of drug-likeness (QED) is 0.490. The van der Waals surface area contributed by atoms with Gasteiger partial charge in [0.2, 0.25) is 0 Å². The first-order valence-electron chi connectivity index (χ1n) is 12.8. The van der Waals surface area contributed by atoms with Crippen LogP contribution in [-0.2, 0) is 17.8 Å². The fourth-order valence-electron chi connectivity index (χ4n) is 6.66. The van der Waals surface area contributed by atoms with Crippen LogP contribution in [-0.4, -0.2) is 59.1 Å². The van der Waals surface area contributed by atoms with Gasteiger partial charge in [-0.2, -0.15) is 0 Å². The molecule has 3 aromatic rings. The highest BCUT2D eigenvalue weighted by atomic mass is 35.5. The standard InChI is InChI=1S/C27H28ClF2N5O2/c1-36-24-8-23(20(29)7-21(24)30)34-14-27(15-34)9-17(10-27)26-32-31-25-12-33(19-4-5-37-13-19)11-16-6-18(28)2-3-22(16)35(25)26/h2-3,6-8,17,19H,4-5,9-15H2,1H3/t19-/m1/s1. The van der Waals surface area contributed by atoms with Crippen molar-refractivity contribution in [1.29, 1.82) is 0 Å². The number of rotatable bonds is 4. The first-order chi connectivity index (χ1) is 17.9. The molecule has 1 aromatic heterocycles. The normalized spacial score (nSPS) is 22.8. The molecule has 0 radical (unpaired) electrons. The molecule has 1 atom stereocenters. The lowest BCUT2D eigenvalue weighted by atomic mass is 9.57. The van der Waals surface area contributed by atoms with Crippen molar-refractivity contribution >= 4 is 17.3 Å². The summed E-state index contributed by atoms with van der Waals surface area (Å²) < 4.78 is 41.3. The molecule has 1 saturated carbocycles. The van der Waals surface area contributed by atoms with E-state index in [1.54, 1.807) is 0 Å². The molecule has 3 aliphatic heterocycles. The average Bonchev–Trinajstić information content (AvgIpc) is 3.46. The van der Waals surface area contributed by atoms with Crippen molar-refractivity contribution in [3.05, 3.63) is 64.2 Å². The maximum atomic E-state index is 14.5. The van der Waals surface area contributed by atoms with Gasteiger partial charge < -0.3 is 14.4 Å². The Labute approximate surface area is 218 Å². The molecule has 0 unspecified atom stereocenters. The minimum atomic E-state index is -0.684. The topological polar surface area (TPSA) is 55.7 Å². The monoisotopic (exact) mass is 527 g/mol. The molecule has 0 N–H and O–H groups in total. The maximum absolute atomic E-state index is 14.5. The lowest BCUT2D eigenvalue weighted by molar-refractivity contribution is 0.0582. The number of fused-ring (bicyclic) bond motifs is 3. The van der Waals surface area contributed by atoms with Crippen LogP contribution < -0.4 is 9.64 Å². The fraction of sp³-hybridized carbons (Fsp3) is 0.481. The van der Waals surface area contributed by atoms with Crippen molar-refractivity contribution in [3.8, 4) is 11.4 Å². The van der Waals surface area contributed by atoms with Gasteiger partial charge in [-0.3, -0.25) is 9.47 Å². The van der Waals surface area contributed by atoms with Crippen LogP contribution in [0.1, 0.15) is 42.4 Å². The first kappa shape index (κ1) is 23.4. The van der Waals surface area contributed by atoms with E-state index < -0.39 is 11.6 Å². The molecule has 2 saturated heterocycles. The van der Waals surface area contributed by atoms with Gasteiger partial charge >= 0.3 is 0 Å². The lowest BCUT2D eigenvalue weighted by Gasteiger charge is -2.59. The van der Waals surface area contributed by atoms with E-state index >= 15 is 0 Å². The summed E-state index contributed by atoms with van der Waals surface area (Å²) in [6.45, 7) is 4.50. The molecule has 3 fully saturated rings. The highest BCUT2D eigenvalue weighted by molar-refractivity contribution is 6.30. The second-order valence-electron chi connectivity index (χ2n) is 10.9.